The second-order valence-corrected chi connectivity index (χ2v) is 5.84. The second-order valence-electron chi connectivity index (χ2n) is 5.84. The standard InChI is InChI=1S/C19H23N3O3/c1-13(23)21-17-10-14(8-9-18(17)25-4)12-20-19(24)15-6-5-7-16(11-15)22(2)3/h5-11H,12H2,1-4H3,(H,20,24)(H,21,23). The van der Waals surface area contributed by atoms with Crippen LogP contribution in [0.3, 0.4) is 0 Å². The highest BCUT2D eigenvalue weighted by molar-refractivity contribution is 5.95. The Morgan fingerprint density at radius 1 is 1.12 bits per heavy atom. The van der Waals surface area contributed by atoms with Crippen molar-refractivity contribution in [2.75, 3.05) is 31.4 Å². The molecule has 0 bridgehead atoms. The summed E-state index contributed by atoms with van der Waals surface area (Å²) in [7, 11) is 5.40. The summed E-state index contributed by atoms with van der Waals surface area (Å²) in [5, 5.41) is 5.61. The average Bonchev–Trinajstić information content (AvgIpc) is 2.59. The Morgan fingerprint density at radius 3 is 2.52 bits per heavy atom. The van der Waals surface area contributed by atoms with Crippen molar-refractivity contribution in [2.24, 2.45) is 0 Å². The lowest BCUT2D eigenvalue weighted by atomic mass is 10.1. The van der Waals surface area contributed by atoms with Gasteiger partial charge >= 0.3 is 0 Å². The second kappa shape index (κ2) is 8.19. The zero-order valence-corrected chi connectivity index (χ0v) is 14.9. The smallest absolute Gasteiger partial charge is 0.251 e. The number of hydrogen-bond donors (Lipinski definition) is 2. The summed E-state index contributed by atoms with van der Waals surface area (Å²) >= 11 is 0. The van der Waals surface area contributed by atoms with E-state index in [1.807, 2.05) is 43.3 Å². The molecule has 0 radical (unpaired) electrons. The van der Waals surface area contributed by atoms with Crippen LogP contribution < -0.4 is 20.3 Å². The van der Waals surface area contributed by atoms with Gasteiger partial charge in [0.25, 0.3) is 5.91 Å². The quantitative estimate of drug-likeness (QED) is 0.847. The minimum atomic E-state index is -0.181. The molecule has 0 saturated carbocycles. The van der Waals surface area contributed by atoms with E-state index in [0.29, 0.717) is 23.5 Å². The van der Waals surface area contributed by atoms with Crippen LogP contribution >= 0.6 is 0 Å². The number of carbonyl (C=O) groups is 2. The predicted octanol–water partition coefficient (Wildman–Crippen LogP) is 2.65. The van der Waals surface area contributed by atoms with Crippen molar-refractivity contribution in [3.63, 3.8) is 0 Å². The van der Waals surface area contributed by atoms with E-state index in [4.69, 9.17) is 4.74 Å². The Bertz CT molecular complexity index is 772. The number of methoxy groups -OCH3 is 1. The van der Waals surface area contributed by atoms with Crippen molar-refractivity contribution in [3.8, 4) is 5.75 Å². The molecule has 0 aliphatic heterocycles. The molecule has 2 amide bonds. The molecule has 6 heteroatoms. The summed E-state index contributed by atoms with van der Waals surface area (Å²) < 4.78 is 5.22. The number of carbonyl (C=O) groups excluding carboxylic acids is 2. The third kappa shape index (κ3) is 4.97. The highest BCUT2D eigenvalue weighted by Crippen LogP contribution is 2.25. The summed E-state index contributed by atoms with van der Waals surface area (Å²) in [4.78, 5) is 25.6. The van der Waals surface area contributed by atoms with Gasteiger partial charge in [0.2, 0.25) is 5.91 Å². The first-order valence-corrected chi connectivity index (χ1v) is 7.91. The van der Waals surface area contributed by atoms with Crippen LogP contribution in [0.5, 0.6) is 5.75 Å². The monoisotopic (exact) mass is 341 g/mol. The third-order valence-electron chi connectivity index (χ3n) is 3.65. The van der Waals surface area contributed by atoms with Crippen LogP contribution in [-0.2, 0) is 11.3 Å². The van der Waals surface area contributed by atoms with Gasteiger partial charge in [-0.3, -0.25) is 9.59 Å². The van der Waals surface area contributed by atoms with Crippen molar-refractivity contribution >= 4 is 23.2 Å². The fourth-order valence-corrected chi connectivity index (χ4v) is 2.36. The van der Waals surface area contributed by atoms with Gasteiger partial charge < -0.3 is 20.3 Å². The predicted molar refractivity (Wildman–Crippen MR) is 99.2 cm³/mol. The molecule has 0 aromatic heterocycles. The maximum atomic E-state index is 12.4. The number of nitrogens with one attached hydrogen (secondary N) is 2. The summed E-state index contributed by atoms with van der Waals surface area (Å²) in [5.41, 5.74) is 3.00. The molecule has 0 atom stereocenters. The van der Waals surface area contributed by atoms with Gasteiger partial charge in [-0.1, -0.05) is 12.1 Å². The molecule has 0 aliphatic carbocycles. The number of hydrogen-bond acceptors (Lipinski definition) is 4. The third-order valence-corrected chi connectivity index (χ3v) is 3.65. The Hall–Kier alpha value is -3.02. The van der Waals surface area contributed by atoms with Crippen LogP contribution in [0, 0.1) is 0 Å². The molecule has 0 spiro atoms. The van der Waals surface area contributed by atoms with Crippen LogP contribution in [0.1, 0.15) is 22.8 Å². The van der Waals surface area contributed by atoms with E-state index in [1.54, 1.807) is 25.3 Å². The van der Waals surface area contributed by atoms with E-state index < -0.39 is 0 Å². The first-order chi connectivity index (χ1) is 11.9. The van der Waals surface area contributed by atoms with Crippen molar-refractivity contribution in [1.29, 1.82) is 0 Å². The molecular weight excluding hydrogens is 318 g/mol. The van der Waals surface area contributed by atoms with E-state index in [-0.39, 0.29) is 11.8 Å². The molecule has 2 N–H and O–H groups in total. The first-order valence-electron chi connectivity index (χ1n) is 7.91. The molecule has 2 rings (SSSR count). The Morgan fingerprint density at radius 2 is 1.88 bits per heavy atom. The van der Waals surface area contributed by atoms with Gasteiger partial charge in [-0.25, -0.2) is 0 Å². The zero-order valence-electron chi connectivity index (χ0n) is 14.9. The first kappa shape index (κ1) is 18.3. The molecule has 25 heavy (non-hydrogen) atoms. The largest absolute Gasteiger partial charge is 0.495 e. The lowest BCUT2D eigenvalue weighted by Gasteiger charge is -2.14. The number of amides is 2. The van der Waals surface area contributed by atoms with E-state index in [2.05, 4.69) is 10.6 Å². The normalized spacial score (nSPS) is 10.1. The molecule has 6 nitrogen and oxygen atoms in total. The van der Waals surface area contributed by atoms with Crippen LogP contribution in [0.25, 0.3) is 0 Å². The van der Waals surface area contributed by atoms with Gasteiger partial charge in [-0.2, -0.15) is 0 Å². The number of benzene rings is 2. The number of anilines is 2. The molecule has 0 saturated heterocycles. The maximum Gasteiger partial charge on any atom is 0.251 e. The van der Waals surface area contributed by atoms with Crippen LogP contribution in [0.2, 0.25) is 0 Å². The molecule has 2 aromatic carbocycles. The lowest BCUT2D eigenvalue weighted by Crippen LogP contribution is -2.23. The van der Waals surface area contributed by atoms with E-state index in [9.17, 15) is 9.59 Å². The van der Waals surface area contributed by atoms with Gasteiger partial charge in [-0.15, -0.1) is 0 Å². The van der Waals surface area contributed by atoms with E-state index >= 15 is 0 Å². The number of rotatable bonds is 6. The summed E-state index contributed by atoms with van der Waals surface area (Å²) in [6.45, 7) is 1.78. The Labute approximate surface area is 147 Å². The van der Waals surface area contributed by atoms with Crippen molar-refractivity contribution in [1.82, 2.24) is 5.32 Å². The van der Waals surface area contributed by atoms with E-state index in [1.165, 1.54) is 6.92 Å². The van der Waals surface area contributed by atoms with Crippen LogP contribution in [-0.4, -0.2) is 33.0 Å². The highest BCUT2D eigenvalue weighted by atomic mass is 16.5. The molecule has 0 unspecified atom stereocenters. The summed E-state index contributed by atoms with van der Waals surface area (Å²) in [6, 6.07) is 12.8. The van der Waals surface area contributed by atoms with Gasteiger partial charge in [0, 0.05) is 38.8 Å². The van der Waals surface area contributed by atoms with E-state index in [0.717, 1.165) is 11.3 Å². The average molecular weight is 341 g/mol. The SMILES string of the molecule is COc1ccc(CNC(=O)c2cccc(N(C)C)c2)cc1NC(C)=O. The minimum absolute atomic E-state index is 0.152. The Balaban J connectivity index is 2.09. The highest BCUT2D eigenvalue weighted by Gasteiger charge is 2.09. The summed E-state index contributed by atoms with van der Waals surface area (Å²) in [6.07, 6.45) is 0. The summed E-state index contributed by atoms with van der Waals surface area (Å²) in [5.74, 6) is 0.240. The van der Waals surface area contributed by atoms with Gasteiger partial charge in [0.15, 0.2) is 0 Å². The molecule has 0 fully saturated rings. The van der Waals surface area contributed by atoms with Crippen molar-refractivity contribution in [2.45, 2.75) is 13.5 Å². The van der Waals surface area contributed by atoms with Crippen molar-refractivity contribution in [3.05, 3.63) is 53.6 Å². The van der Waals surface area contributed by atoms with Crippen LogP contribution in [0.15, 0.2) is 42.5 Å². The fraction of sp³-hybridized carbons (Fsp3) is 0.263. The topological polar surface area (TPSA) is 70.7 Å². The zero-order chi connectivity index (χ0) is 18.4. The molecule has 2 aromatic rings. The molecule has 132 valence electrons. The van der Waals surface area contributed by atoms with Gasteiger partial charge in [-0.05, 0) is 35.9 Å². The molecule has 0 heterocycles. The van der Waals surface area contributed by atoms with Gasteiger partial charge in [0.05, 0.1) is 12.8 Å². The van der Waals surface area contributed by atoms with Crippen LogP contribution in [0.4, 0.5) is 11.4 Å². The molecular formula is C19H23N3O3. The van der Waals surface area contributed by atoms with Gasteiger partial charge in [0.1, 0.15) is 5.75 Å². The fourth-order valence-electron chi connectivity index (χ4n) is 2.36. The lowest BCUT2D eigenvalue weighted by molar-refractivity contribution is -0.114. The number of nitrogens with zero attached hydrogens (tertiary/aromatic N) is 1. The Kier molecular flexibility index (Phi) is 6.00. The van der Waals surface area contributed by atoms with Crippen molar-refractivity contribution < 1.29 is 14.3 Å². The number of ether oxygens (including phenoxy) is 1. The molecule has 0 aliphatic rings. The minimum Gasteiger partial charge on any atom is -0.495 e. The maximum absolute atomic E-state index is 12.4.